The van der Waals surface area contributed by atoms with Gasteiger partial charge in [0.1, 0.15) is 0 Å². The fourth-order valence-corrected chi connectivity index (χ4v) is 5.63. The molecular weight excluding hydrogens is 597 g/mol. The van der Waals surface area contributed by atoms with Gasteiger partial charge in [-0.15, -0.1) is 10.2 Å². The maximum atomic E-state index is 13.1. The zero-order valence-corrected chi connectivity index (χ0v) is 25.3. The molecule has 2 amide bonds. The second-order valence-corrected chi connectivity index (χ2v) is 11.8. The van der Waals surface area contributed by atoms with Crippen molar-refractivity contribution in [3.05, 3.63) is 67.4 Å². The molecule has 0 fully saturated rings. The lowest BCUT2D eigenvalue weighted by atomic mass is 10.0. The summed E-state index contributed by atoms with van der Waals surface area (Å²) in [5, 5.41) is 16.1. The van der Waals surface area contributed by atoms with Gasteiger partial charge >= 0.3 is 0 Å². The third-order valence-corrected chi connectivity index (χ3v) is 7.92. The normalized spacial score (nSPS) is 12.0. The predicted octanol–water partition coefficient (Wildman–Crippen LogP) is 7.23. The molecule has 0 spiro atoms. The summed E-state index contributed by atoms with van der Waals surface area (Å²) >= 11 is 17.1. The van der Waals surface area contributed by atoms with Crippen molar-refractivity contribution >= 4 is 68.4 Å². The van der Waals surface area contributed by atoms with E-state index in [4.69, 9.17) is 23.2 Å². The second-order valence-electron chi connectivity index (χ2n) is 9.12. The zero-order chi connectivity index (χ0) is 27.3. The van der Waals surface area contributed by atoms with Gasteiger partial charge in [0.15, 0.2) is 11.0 Å². The third kappa shape index (κ3) is 7.72. The lowest BCUT2D eigenvalue weighted by molar-refractivity contribution is -0.113. The fraction of sp³-hybridized carbons (Fsp3) is 0.385. The molecule has 1 heterocycles. The SMILES string of the molecule is CCn1c(SCC(=O)Nc2cc(C)c(C)cc2Br)nnc1[C@@H](CC(C)C)NC(=O)c1ccc(Cl)cc1Cl. The number of hydrogen-bond donors (Lipinski definition) is 2. The molecule has 0 unspecified atom stereocenters. The van der Waals surface area contributed by atoms with Crippen LogP contribution in [-0.4, -0.2) is 32.3 Å². The predicted molar refractivity (Wildman–Crippen MR) is 155 cm³/mol. The summed E-state index contributed by atoms with van der Waals surface area (Å²) in [6.45, 7) is 10.7. The van der Waals surface area contributed by atoms with Crippen molar-refractivity contribution in [2.45, 2.75) is 58.8 Å². The lowest BCUT2D eigenvalue weighted by Crippen LogP contribution is -2.32. The number of halogens is 3. The van der Waals surface area contributed by atoms with E-state index in [1.54, 1.807) is 18.2 Å². The van der Waals surface area contributed by atoms with Crippen LogP contribution in [0, 0.1) is 19.8 Å². The molecule has 0 aliphatic carbocycles. The number of nitrogens with zero attached hydrogens (tertiary/aromatic N) is 3. The Labute approximate surface area is 240 Å². The molecule has 1 aromatic heterocycles. The average Bonchev–Trinajstić information content (AvgIpc) is 3.23. The number of carbonyl (C=O) groups excluding carboxylic acids is 2. The van der Waals surface area contributed by atoms with E-state index in [-0.39, 0.29) is 34.5 Å². The molecule has 3 rings (SSSR count). The van der Waals surface area contributed by atoms with Crippen LogP contribution in [0.2, 0.25) is 10.0 Å². The first-order valence-corrected chi connectivity index (χ1v) is 14.4. The molecule has 0 aliphatic rings. The Morgan fingerprint density at radius 1 is 1.11 bits per heavy atom. The molecule has 37 heavy (non-hydrogen) atoms. The maximum absolute atomic E-state index is 13.1. The number of carbonyl (C=O) groups is 2. The Morgan fingerprint density at radius 3 is 2.46 bits per heavy atom. The maximum Gasteiger partial charge on any atom is 0.253 e. The van der Waals surface area contributed by atoms with Crippen LogP contribution in [0.3, 0.4) is 0 Å². The van der Waals surface area contributed by atoms with E-state index in [2.05, 4.69) is 50.6 Å². The van der Waals surface area contributed by atoms with Gasteiger partial charge in [0.05, 0.1) is 28.1 Å². The highest BCUT2D eigenvalue weighted by atomic mass is 79.9. The summed E-state index contributed by atoms with van der Waals surface area (Å²) in [6, 6.07) is 8.32. The number of aromatic nitrogens is 3. The van der Waals surface area contributed by atoms with Gasteiger partial charge in [0, 0.05) is 16.0 Å². The first kappa shape index (κ1) is 29.5. The van der Waals surface area contributed by atoms with Gasteiger partial charge in [-0.05, 0) is 90.5 Å². The molecule has 0 saturated carbocycles. The van der Waals surface area contributed by atoms with Crippen LogP contribution < -0.4 is 10.6 Å². The topological polar surface area (TPSA) is 88.9 Å². The molecule has 11 heteroatoms. The number of benzene rings is 2. The summed E-state index contributed by atoms with van der Waals surface area (Å²) < 4.78 is 2.77. The molecule has 0 bridgehead atoms. The van der Waals surface area contributed by atoms with Crippen molar-refractivity contribution in [1.82, 2.24) is 20.1 Å². The number of hydrogen-bond acceptors (Lipinski definition) is 5. The van der Waals surface area contributed by atoms with E-state index in [0.29, 0.717) is 34.5 Å². The van der Waals surface area contributed by atoms with Crippen LogP contribution in [0.5, 0.6) is 0 Å². The number of nitrogens with one attached hydrogen (secondary N) is 2. The van der Waals surface area contributed by atoms with Crippen LogP contribution in [0.25, 0.3) is 0 Å². The summed E-state index contributed by atoms with van der Waals surface area (Å²) in [7, 11) is 0. The number of thioether (sulfide) groups is 1. The van der Waals surface area contributed by atoms with Crippen LogP contribution in [0.4, 0.5) is 5.69 Å². The molecule has 198 valence electrons. The Hall–Kier alpha value is -2.07. The van der Waals surface area contributed by atoms with Gasteiger partial charge in [-0.1, -0.05) is 48.8 Å². The van der Waals surface area contributed by atoms with Crippen molar-refractivity contribution in [2.24, 2.45) is 5.92 Å². The minimum absolute atomic E-state index is 0.148. The lowest BCUT2D eigenvalue weighted by Gasteiger charge is -2.21. The van der Waals surface area contributed by atoms with Crippen LogP contribution in [-0.2, 0) is 11.3 Å². The van der Waals surface area contributed by atoms with Gasteiger partial charge in [-0.25, -0.2) is 0 Å². The van der Waals surface area contributed by atoms with Crippen molar-refractivity contribution < 1.29 is 9.59 Å². The Morgan fingerprint density at radius 2 is 1.81 bits per heavy atom. The highest BCUT2D eigenvalue weighted by Crippen LogP contribution is 2.29. The Bertz CT molecular complexity index is 1300. The molecule has 7 nitrogen and oxygen atoms in total. The van der Waals surface area contributed by atoms with E-state index in [9.17, 15) is 9.59 Å². The summed E-state index contributed by atoms with van der Waals surface area (Å²) in [5.41, 5.74) is 3.31. The highest BCUT2D eigenvalue weighted by molar-refractivity contribution is 9.10. The molecule has 1 atom stereocenters. The van der Waals surface area contributed by atoms with E-state index < -0.39 is 0 Å². The third-order valence-electron chi connectivity index (χ3n) is 5.75. The summed E-state index contributed by atoms with van der Waals surface area (Å²) in [6.07, 6.45) is 0.654. The molecule has 0 radical (unpaired) electrons. The number of amides is 2. The number of rotatable bonds is 10. The largest absolute Gasteiger partial charge is 0.342 e. The number of anilines is 1. The van der Waals surface area contributed by atoms with Gasteiger partial charge < -0.3 is 15.2 Å². The zero-order valence-electron chi connectivity index (χ0n) is 21.4. The molecule has 3 aromatic rings. The van der Waals surface area contributed by atoms with E-state index in [1.165, 1.54) is 11.8 Å². The average molecular weight is 627 g/mol. The standard InChI is InChI=1S/C26H30BrCl2N5O2S/c1-6-34-24(22(9-14(2)3)31-25(36)18-8-7-17(28)12-20(18)29)32-33-26(34)37-13-23(35)30-21-11-16(5)15(4)10-19(21)27/h7-8,10-12,14,22H,6,9,13H2,1-5H3,(H,30,35)(H,31,36)/t22-/m1/s1. The first-order valence-electron chi connectivity index (χ1n) is 11.9. The fourth-order valence-electron chi connectivity index (χ4n) is 3.76. The van der Waals surface area contributed by atoms with E-state index in [0.717, 1.165) is 21.3 Å². The van der Waals surface area contributed by atoms with Gasteiger partial charge in [0.25, 0.3) is 5.91 Å². The van der Waals surface area contributed by atoms with Crippen LogP contribution in [0.15, 0.2) is 40.0 Å². The quantitative estimate of drug-likeness (QED) is 0.232. The molecule has 0 aliphatic heterocycles. The summed E-state index contributed by atoms with van der Waals surface area (Å²) in [5.74, 6) is 0.621. The minimum atomic E-state index is -0.388. The van der Waals surface area contributed by atoms with E-state index in [1.807, 2.05) is 37.5 Å². The minimum Gasteiger partial charge on any atom is -0.342 e. The molecule has 0 saturated heterocycles. The van der Waals surface area contributed by atoms with Gasteiger partial charge in [-0.2, -0.15) is 0 Å². The second kappa shape index (κ2) is 13.1. The molecular formula is C26H30BrCl2N5O2S. The van der Waals surface area contributed by atoms with Crippen molar-refractivity contribution in [3.8, 4) is 0 Å². The molecule has 2 N–H and O–H groups in total. The van der Waals surface area contributed by atoms with Crippen molar-refractivity contribution in [3.63, 3.8) is 0 Å². The van der Waals surface area contributed by atoms with Crippen LogP contribution >= 0.6 is 50.9 Å². The Balaban J connectivity index is 1.76. The number of aryl methyl sites for hydroxylation is 2. The van der Waals surface area contributed by atoms with Gasteiger partial charge in [-0.3, -0.25) is 9.59 Å². The monoisotopic (exact) mass is 625 g/mol. The van der Waals surface area contributed by atoms with Crippen molar-refractivity contribution in [2.75, 3.05) is 11.1 Å². The smallest absolute Gasteiger partial charge is 0.253 e. The van der Waals surface area contributed by atoms with Crippen LogP contribution in [0.1, 0.15) is 60.5 Å². The van der Waals surface area contributed by atoms with E-state index >= 15 is 0 Å². The van der Waals surface area contributed by atoms with Gasteiger partial charge in [0.2, 0.25) is 5.91 Å². The highest BCUT2D eigenvalue weighted by Gasteiger charge is 2.25. The molecule has 2 aromatic carbocycles. The van der Waals surface area contributed by atoms with Crippen molar-refractivity contribution in [1.29, 1.82) is 0 Å². The Kier molecular flexibility index (Phi) is 10.5. The summed E-state index contributed by atoms with van der Waals surface area (Å²) in [4.78, 5) is 25.7. The first-order chi connectivity index (χ1) is 17.5.